The van der Waals surface area contributed by atoms with Crippen LogP contribution >= 0.6 is 27.5 Å². The van der Waals surface area contributed by atoms with Crippen LogP contribution in [-0.4, -0.2) is 67.3 Å². The van der Waals surface area contributed by atoms with Crippen LogP contribution < -0.4 is 4.90 Å². The van der Waals surface area contributed by atoms with Gasteiger partial charge in [-0.1, -0.05) is 39.7 Å². The molecule has 2 aromatic rings. The molecule has 1 aliphatic rings. The molecule has 0 radical (unpaired) electrons. The molecule has 10 heteroatoms. The third-order valence-electron chi connectivity index (χ3n) is 5.33. The summed E-state index contributed by atoms with van der Waals surface area (Å²) in [4.78, 5) is 41.6. The van der Waals surface area contributed by atoms with Gasteiger partial charge in [-0.3, -0.25) is 14.6 Å². The molecular formula is C24H26BrClN4O4. The summed E-state index contributed by atoms with van der Waals surface area (Å²) >= 11 is 9.39. The van der Waals surface area contributed by atoms with Gasteiger partial charge in [-0.25, -0.2) is 9.69 Å². The molecule has 0 fully saturated rings. The van der Waals surface area contributed by atoms with Crippen molar-refractivity contribution in [2.24, 2.45) is 10.5 Å². The Labute approximate surface area is 212 Å². The lowest BCUT2D eigenvalue weighted by molar-refractivity contribution is -0.150. The van der Waals surface area contributed by atoms with Crippen molar-refractivity contribution in [3.63, 3.8) is 0 Å². The number of hydrogen-bond donors (Lipinski definition) is 0. The molecule has 1 heterocycles. The molecule has 1 unspecified atom stereocenters. The standard InChI is InChI=1S/C24H26BrClN4O4/c1-5-34-22(32)24(2)15-29(27-21(24)16-6-10-18(26)11-7-16)14-20(31)30(23(33)28(3)4)19-12-8-17(25)9-13-19/h6-13H,5,14-15H2,1-4H3. The lowest BCUT2D eigenvalue weighted by atomic mass is 9.82. The van der Waals surface area contributed by atoms with E-state index in [9.17, 15) is 14.4 Å². The predicted octanol–water partition coefficient (Wildman–Crippen LogP) is 4.41. The second-order valence-electron chi connectivity index (χ2n) is 8.21. The Morgan fingerprint density at radius 3 is 2.29 bits per heavy atom. The first-order chi connectivity index (χ1) is 16.1. The number of hydrogen-bond acceptors (Lipinski definition) is 6. The minimum absolute atomic E-state index is 0.125. The molecule has 34 heavy (non-hydrogen) atoms. The summed E-state index contributed by atoms with van der Waals surface area (Å²) in [5.41, 5.74) is 0.507. The molecule has 0 bridgehead atoms. The van der Waals surface area contributed by atoms with Crippen LogP contribution in [0.15, 0.2) is 58.1 Å². The molecule has 0 spiro atoms. The number of ether oxygens (including phenoxy) is 1. The highest BCUT2D eigenvalue weighted by molar-refractivity contribution is 9.10. The molecule has 1 aliphatic heterocycles. The van der Waals surface area contributed by atoms with Crippen molar-refractivity contribution in [2.45, 2.75) is 13.8 Å². The van der Waals surface area contributed by atoms with E-state index in [1.807, 2.05) is 0 Å². The number of benzene rings is 2. The minimum atomic E-state index is -1.10. The van der Waals surface area contributed by atoms with Crippen molar-refractivity contribution >= 4 is 56.8 Å². The fourth-order valence-electron chi connectivity index (χ4n) is 3.63. The number of hydrazone groups is 1. The zero-order chi connectivity index (χ0) is 25.0. The summed E-state index contributed by atoms with van der Waals surface area (Å²) in [6.07, 6.45) is 0. The smallest absolute Gasteiger partial charge is 0.330 e. The van der Waals surface area contributed by atoms with Crippen molar-refractivity contribution in [1.82, 2.24) is 9.91 Å². The predicted molar refractivity (Wildman–Crippen MR) is 135 cm³/mol. The maximum absolute atomic E-state index is 13.3. The molecule has 3 rings (SSSR count). The van der Waals surface area contributed by atoms with Gasteiger partial charge in [0.2, 0.25) is 0 Å². The first kappa shape index (κ1) is 25.7. The Bertz CT molecular complexity index is 1100. The van der Waals surface area contributed by atoms with E-state index in [0.717, 1.165) is 9.37 Å². The Kier molecular flexibility index (Phi) is 7.99. The summed E-state index contributed by atoms with van der Waals surface area (Å²) in [5, 5.41) is 6.66. The number of carbonyl (C=O) groups excluding carboxylic acids is 3. The van der Waals surface area contributed by atoms with Crippen LogP contribution in [0.4, 0.5) is 10.5 Å². The number of urea groups is 1. The van der Waals surface area contributed by atoms with E-state index in [0.29, 0.717) is 22.0 Å². The van der Waals surface area contributed by atoms with Gasteiger partial charge in [0.15, 0.2) is 0 Å². The van der Waals surface area contributed by atoms with Crippen molar-refractivity contribution in [1.29, 1.82) is 0 Å². The maximum atomic E-state index is 13.3. The number of esters is 1. The largest absolute Gasteiger partial charge is 0.465 e. The van der Waals surface area contributed by atoms with Gasteiger partial charge < -0.3 is 9.64 Å². The lowest BCUT2D eigenvalue weighted by Crippen LogP contribution is -2.48. The number of halogens is 2. The van der Waals surface area contributed by atoms with Crippen LogP contribution in [-0.2, 0) is 14.3 Å². The van der Waals surface area contributed by atoms with E-state index >= 15 is 0 Å². The summed E-state index contributed by atoms with van der Waals surface area (Å²) in [6, 6.07) is 13.3. The van der Waals surface area contributed by atoms with E-state index in [1.165, 1.54) is 9.91 Å². The second kappa shape index (κ2) is 10.6. The highest BCUT2D eigenvalue weighted by Gasteiger charge is 2.47. The van der Waals surface area contributed by atoms with E-state index in [2.05, 4.69) is 21.0 Å². The second-order valence-corrected chi connectivity index (χ2v) is 9.57. The molecule has 2 aromatic carbocycles. The van der Waals surface area contributed by atoms with Crippen LogP contribution in [0.1, 0.15) is 19.4 Å². The molecule has 180 valence electrons. The van der Waals surface area contributed by atoms with Crippen molar-refractivity contribution in [3.8, 4) is 0 Å². The molecule has 0 saturated carbocycles. The van der Waals surface area contributed by atoms with Gasteiger partial charge in [0, 0.05) is 23.6 Å². The average Bonchev–Trinajstić information content (AvgIpc) is 3.13. The molecular weight excluding hydrogens is 524 g/mol. The molecule has 8 nitrogen and oxygen atoms in total. The van der Waals surface area contributed by atoms with Gasteiger partial charge in [-0.05, 0) is 55.8 Å². The van der Waals surface area contributed by atoms with Crippen LogP contribution in [0.25, 0.3) is 0 Å². The minimum Gasteiger partial charge on any atom is -0.465 e. The number of imide groups is 1. The number of nitrogens with zero attached hydrogens (tertiary/aromatic N) is 4. The molecule has 0 aliphatic carbocycles. The van der Waals surface area contributed by atoms with Gasteiger partial charge in [0.05, 0.1) is 24.6 Å². The molecule has 0 aromatic heterocycles. The molecule has 0 saturated heterocycles. The number of rotatable bonds is 6. The van der Waals surface area contributed by atoms with Gasteiger partial charge in [-0.2, -0.15) is 5.10 Å². The van der Waals surface area contributed by atoms with Gasteiger partial charge in [0.1, 0.15) is 12.0 Å². The normalized spacial score (nSPS) is 17.2. The van der Waals surface area contributed by atoms with Gasteiger partial charge >= 0.3 is 12.0 Å². The summed E-state index contributed by atoms with van der Waals surface area (Å²) in [7, 11) is 3.15. The average molecular weight is 550 g/mol. The monoisotopic (exact) mass is 548 g/mol. The summed E-state index contributed by atoms with van der Waals surface area (Å²) in [5.74, 6) is -0.916. The molecule has 3 amide bonds. The lowest BCUT2D eigenvalue weighted by Gasteiger charge is -2.27. The van der Waals surface area contributed by atoms with Crippen LogP contribution in [0, 0.1) is 5.41 Å². The first-order valence-electron chi connectivity index (χ1n) is 10.6. The topological polar surface area (TPSA) is 82.5 Å². The van der Waals surface area contributed by atoms with Crippen LogP contribution in [0.2, 0.25) is 5.02 Å². The van der Waals surface area contributed by atoms with E-state index in [4.69, 9.17) is 16.3 Å². The van der Waals surface area contributed by atoms with Crippen molar-refractivity contribution < 1.29 is 19.1 Å². The van der Waals surface area contributed by atoms with Crippen molar-refractivity contribution in [3.05, 3.63) is 63.6 Å². The highest BCUT2D eigenvalue weighted by Crippen LogP contribution is 2.33. The quantitative estimate of drug-likeness (QED) is 0.499. The zero-order valence-corrected chi connectivity index (χ0v) is 21.8. The Hall–Kier alpha value is -2.91. The zero-order valence-electron chi connectivity index (χ0n) is 19.4. The van der Waals surface area contributed by atoms with Gasteiger partial charge in [0.25, 0.3) is 5.91 Å². The molecule has 0 N–H and O–H groups in total. The van der Waals surface area contributed by atoms with E-state index < -0.39 is 23.3 Å². The third kappa shape index (κ3) is 5.42. The number of carbonyl (C=O) groups is 3. The van der Waals surface area contributed by atoms with Gasteiger partial charge in [-0.15, -0.1) is 0 Å². The fourth-order valence-corrected chi connectivity index (χ4v) is 4.02. The third-order valence-corrected chi connectivity index (χ3v) is 6.11. The fraction of sp³-hybridized carbons (Fsp3) is 0.333. The van der Waals surface area contributed by atoms with Crippen molar-refractivity contribution in [2.75, 3.05) is 38.7 Å². The highest BCUT2D eigenvalue weighted by atomic mass is 79.9. The Balaban J connectivity index is 1.93. The summed E-state index contributed by atoms with van der Waals surface area (Å²) < 4.78 is 6.14. The number of amides is 3. The van der Waals surface area contributed by atoms with E-state index in [-0.39, 0.29) is 19.7 Å². The Morgan fingerprint density at radius 1 is 1.12 bits per heavy atom. The van der Waals surface area contributed by atoms with Crippen LogP contribution in [0.5, 0.6) is 0 Å². The maximum Gasteiger partial charge on any atom is 0.330 e. The molecule has 1 atom stereocenters. The van der Waals surface area contributed by atoms with E-state index in [1.54, 1.807) is 76.5 Å². The first-order valence-corrected chi connectivity index (χ1v) is 11.8. The Morgan fingerprint density at radius 2 is 1.74 bits per heavy atom. The van der Waals surface area contributed by atoms with Crippen LogP contribution in [0.3, 0.4) is 0 Å². The SMILES string of the molecule is CCOC(=O)C1(C)CN(CC(=O)N(C(=O)N(C)C)c2ccc(Br)cc2)N=C1c1ccc(Cl)cc1. The summed E-state index contributed by atoms with van der Waals surface area (Å²) in [6.45, 7) is 3.61. The number of anilines is 1.